The number of hydrogen-bond acceptors (Lipinski definition) is 5. The van der Waals surface area contributed by atoms with E-state index < -0.39 is 0 Å². The summed E-state index contributed by atoms with van der Waals surface area (Å²) in [6, 6.07) is 6.97. The van der Waals surface area contributed by atoms with Crippen molar-refractivity contribution in [1.82, 2.24) is 28.7 Å². The van der Waals surface area contributed by atoms with Crippen LogP contribution in [0.1, 0.15) is 68.3 Å². The summed E-state index contributed by atoms with van der Waals surface area (Å²) in [6.45, 7) is 4.10. The normalized spacial score (nSPS) is 16.6. The smallest absolute Gasteiger partial charge is 0.333 e. The second-order valence-electron chi connectivity index (χ2n) is 10.1. The predicted molar refractivity (Wildman–Crippen MR) is 131 cm³/mol. The zero-order chi connectivity index (χ0) is 24.3. The fraction of sp³-hybridized carbons (Fsp3) is 0.385. The fourth-order valence-corrected chi connectivity index (χ4v) is 4.64. The highest BCUT2D eigenvalue weighted by molar-refractivity contribution is 5.44. The minimum atomic E-state index is -0.376. The van der Waals surface area contributed by atoms with E-state index in [9.17, 15) is 9.18 Å². The lowest BCUT2D eigenvalue weighted by molar-refractivity contribution is 0.624. The van der Waals surface area contributed by atoms with Gasteiger partial charge in [-0.05, 0) is 61.3 Å². The van der Waals surface area contributed by atoms with E-state index in [0.717, 1.165) is 48.3 Å². The van der Waals surface area contributed by atoms with Crippen LogP contribution < -0.4 is 11.0 Å². The molecule has 3 heterocycles. The third-order valence-corrected chi connectivity index (χ3v) is 6.96. The standard InChI is InChI=1S/C26H28FN7O/c1-16(2)21-13-32(3)25(35)34(21)23-6-9-28-24(30-23)31-26(7-8-26)22-14-33(15-29-22)20-11-18(17-4-5-17)10-19(27)12-20/h6,9-17H,4-5,7-8H2,1-3H3,(H,28,30,31). The van der Waals surface area contributed by atoms with E-state index in [1.54, 1.807) is 46.9 Å². The zero-order valence-corrected chi connectivity index (χ0v) is 20.1. The molecule has 0 bridgehead atoms. The molecule has 3 aromatic heterocycles. The number of nitrogens with one attached hydrogen (secondary N) is 1. The first-order valence-corrected chi connectivity index (χ1v) is 12.1. The van der Waals surface area contributed by atoms with Gasteiger partial charge in [0.2, 0.25) is 5.95 Å². The van der Waals surface area contributed by atoms with Crippen LogP contribution in [0.25, 0.3) is 11.5 Å². The van der Waals surface area contributed by atoms with Gasteiger partial charge in [-0.25, -0.2) is 23.7 Å². The molecule has 0 saturated heterocycles. The number of benzene rings is 1. The highest BCUT2D eigenvalue weighted by Gasteiger charge is 2.47. The minimum absolute atomic E-state index is 0.140. The second-order valence-corrected chi connectivity index (χ2v) is 10.1. The Bertz CT molecular complexity index is 1470. The molecule has 0 aliphatic heterocycles. The first-order chi connectivity index (χ1) is 16.8. The lowest BCUT2D eigenvalue weighted by atomic mass is 10.1. The van der Waals surface area contributed by atoms with Crippen LogP contribution >= 0.6 is 0 Å². The highest BCUT2D eigenvalue weighted by atomic mass is 19.1. The summed E-state index contributed by atoms with van der Waals surface area (Å²) in [5, 5.41) is 3.45. The maximum Gasteiger partial charge on any atom is 0.333 e. The SMILES string of the molecule is CC(C)c1cn(C)c(=O)n1-c1ccnc(NC2(c3cn(-c4cc(F)cc(C5CC5)c4)cn3)CC2)n1. The summed E-state index contributed by atoms with van der Waals surface area (Å²) in [6.07, 6.45) is 11.2. The average Bonchev–Trinajstić information content (AvgIpc) is 3.75. The highest BCUT2D eigenvalue weighted by Crippen LogP contribution is 2.47. The molecular formula is C26H28FN7O. The van der Waals surface area contributed by atoms with Crippen molar-refractivity contribution in [3.05, 3.63) is 82.4 Å². The molecule has 0 spiro atoms. The number of nitrogens with zero attached hydrogens (tertiary/aromatic N) is 6. The summed E-state index contributed by atoms with van der Waals surface area (Å²) < 4.78 is 19.3. The number of imidazole rings is 2. The van der Waals surface area contributed by atoms with E-state index in [4.69, 9.17) is 0 Å². The Morgan fingerprint density at radius 1 is 1.14 bits per heavy atom. The van der Waals surface area contributed by atoms with Crippen molar-refractivity contribution in [1.29, 1.82) is 0 Å². The molecule has 2 fully saturated rings. The molecule has 4 aromatic rings. The number of rotatable bonds is 7. The third-order valence-electron chi connectivity index (χ3n) is 6.96. The van der Waals surface area contributed by atoms with E-state index in [1.165, 1.54) is 0 Å². The third kappa shape index (κ3) is 3.94. The molecule has 0 unspecified atom stereocenters. The molecule has 0 atom stereocenters. The number of halogens is 1. The van der Waals surface area contributed by atoms with Gasteiger partial charge in [0.05, 0.1) is 17.6 Å². The van der Waals surface area contributed by atoms with Crippen molar-refractivity contribution < 1.29 is 4.39 Å². The summed E-state index contributed by atoms with van der Waals surface area (Å²) in [5.41, 5.74) is 3.07. The molecule has 35 heavy (non-hydrogen) atoms. The summed E-state index contributed by atoms with van der Waals surface area (Å²) in [4.78, 5) is 26.5. The van der Waals surface area contributed by atoms with Crippen molar-refractivity contribution >= 4 is 5.95 Å². The molecule has 0 radical (unpaired) electrons. The maximum absolute atomic E-state index is 14.2. The fourth-order valence-electron chi connectivity index (χ4n) is 4.64. The molecular weight excluding hydrogens is 445 g/mol. The van der Waals surface area contributed by atoms with E-state index in [2.05, 4.69) is 26.3 Å². The molecule has 180 valence electrons. The van der Waals surface area contributed by atoms with Crippen LogP contribution in [0, 0.1) is 5.82 Å². The average molecular weight is 474 g/mol. The van der Waals surface area contributed by atoms with Gasteiger partial charge in [0.15, 0.2) is 0 Å². The molecule has 1 aromatic carbocycles. The van der Waals surface area contributed by atoms with Crippen LogP contribution in [-0.2, 0) is 12.6 Å². The quantitative estimate of drug-likeness (QED) is 0.430. The van der Waals surface area contributed by atoms with Crippen LogP contribution in [0.15, 0.2) is 54.0 Å². The lowest BCUT2D eigenvalue weighted by Crippen LogP contribution is -2.25. The predicted octanol–water partition coefficient (Wildman–Crippen LogP) is 4.39. The first kappa shape index (κ1) is 21.8. The van der Waals surface area contributed by atoms with Crippen molar-refractivity contribution in [2.75, 3.05) is 5.32 Å². The number of hydrogen-bond donors (Lipinski definition) is 1. The lowest BCUT2D eigenvalue weighted by Gasteiger charge is -2.16. The molecule has 9 heteroatoms. The Labute approximate surface area is 202 Å². The van der Waals surface area contributed by atoms with E-state index in [1.807, 2.05) is 30.8 Å². The van der Waals surface area contributed by atoms with Crippen LogP contribution in [0.4, 0.5) is 10.3 Å². The summed E-state index contributed by atoms with van der Waals surface area (Å²) >= 11 is 0. The summed E-state index contributed by atoms with van der Waals surface area (Å²) in [5.74, 6) is 1.40. The molecule has 1 N–H and O–H groups in total. The monoisotopic (exact) mass is 473 g/mol. The van der Waals surface area contributed by atoms with Gasteiger partial charge in [-0.3, -0.25) is 0 Å². The van der Waals surface area contributed by atoms with Crippen LogP contribution in [0.2, 0.25) is 0 Å². The second kappa shape index (κ2) is 7.90. The van der Waals surface area contributed by atoms with Gasteiger partial charge in [-0.2, -0.15) is 4.98 Å². The van der Waals surface area contributed by atoms with E-state index in [0.29, 0.717) is 17.7 Å². The van der Waals surface area contributed by atoms with Crippen molar-refractivity contribution in [3.63, 3.8) is 0 Å². The van der Waals surface area contributed by atoms with E-state index in [-0.39, 0.29) is 23.0 Å². The number of aryl methyl sites for hydroxylation is 1. The molecule has 2 aliphatic carbocycles. The first-order valence-electron chi connectivity index (χ1n) is 12.1. The Balaban J connectivity index is 1.29. The Morgan fingerprint density at radius 2 is 1.94 bits per heavy atom. The largest absolute Gasteiger partial charge is 0.343 e. The van der Waals surface area contributed by atoms with Gasteiger partial charge in [-0.15, -0.1) is 0 Å². The molecule has 2 saturated carbocycles. The van der Waals surface area contributed by atoms with Crippen LogP contribution in [0.5, 0.6) is 0 Å². The van der Waals surface area contributed by atoms with E-state index >= 15 is 0 Å². The number of anilines is 1. The Kier molecular flexibility index (Phi) is 4.91. The maximum atomic E-state index is 14.2. The molecule has 8 nitrogen and oxygen atoms in total. The van der Waals surface area contributed by atoms with Crippen LogP contribution in [0.3, 0.4) is 0 Å². The van der Waals surface area contributed by atoms with Crippen molar-refractivity contribution in [3.8, 4) is 11.5 Å². The van der Waals surface area contributed by atoms with Crippen molar-refractivity contribution in [2.24, 2.45) is 7.05 Å². The molecule has 6 rings (SSSR count). The topological polar surface area (TPSA) is 82.6 Å². The summed E-state index contributed by atoms with van der Waals surface area (Å²) in [7, 11) is 1.74. The minimum Gasteiger partial charge on any atom is -0.343 e. The number of aromatic nitrogens is 6. The Morgan fingerprint density at radius 3 is 2.66 bits per heavy atom. The van der Waals surface area contributed by atoms with Gasteiger partial charge in [0, 0.05) is 43.1 Å². The van der Waals surface area contributed by atoms with Gasteiger partial charge >= 0.3 is 5.69 Å². The molecule has 0 amide bonds. The Hall–Kier alpha value is -3.75. The van der Waals surface area contributed by atoms with Gasteiger partial charge in [0.1, 0.15) is 11.6 Å². The van der Waals surface area contributed by atoms with Gasteiger partial charge in [-0.1, -0.05) is 13.8 Å². The van der Waals surface area contributed by atoms with Crippen molar-refractivity contribution in [2.45, 2.75) is 56.9 Å². The van der Waals surface area contributed by atoms with Crippen LogP contribution in [-0.4, -0.2) is 28.7 Å². The van der Waals surface area contributed by atoms with Gasteiger partial charge < -0.3 is 14.5 Å². The van der Waals surface area contributed by atoms with Gasteiger partial charge in [0.25, 0.3) is 0 Å². The zero-order valence-electron chi connectivity index (χ0n) is 20.1. The molecule has 2 aliphatic rings.